The maximum Gasteiger partial charge on any atom is 0.323 e. The first-order chi connectivity index (χ1) is 12.4. The van der Waals surface area contributed by atoms with Crippen molar-refractivity contribution in [2.45, 2.75) is 40.0 Å². The molecular weight excluding hydrogens is 336 g/mol. The van der Waals surface area contributed by atoms with Crippen molar-refractivity contribution >= 4 is 17.9 Å². The van der Waals surface area contributed by atoms with Gasteiger partial charge in [-0.1, -0.05) is 24.3 Å². The Hall–Kier alpha value is -2.11. The molecule has 0 aromatic carbocycles. The Kier molecular flexibility index (Phi) is 6.62. The highest BCUT2D eigenvalue weighted by Gasteiger charge is 2.57. The average molecular weight is 364 g/mol. The molecule has 0 saturated heterocycles. The minimum absolute atomic E-state index is 0.0595. The smallest absolute Gasteiger partial charge is 0.323 e. The molecule has 0 aromatic heterocycles. The number of ether oxygens (including phenoxy) is 3. The standard InChI is InChI=1S/C20H28O6/c1-5-24-17(21)14-8-9-15-11-20(18(22)25-6-2,19(23)26-7-3)12-16(15)13(4)10-14/h8-9,14-16H,4-7,10-12H2,1-3H3/t14-,15-,16-/m1/s1. The molecule has 0 bridgehead atoms. The summed E-state index contributed by atoms with van der Waals surface area (Å²) in [7, 11) is 0. The van der Waals surface area contributed by atoms with Gasteiger partial charge in [0.25, 0.3) is 0 Å². The van der Waals surface area contributed by atoms with Crippen LogP contribution in [0.15, 0.2) is 24.3 Å². The van der Waals surface area contributed by atoms with E-state index in [0.717, 1.165) is 5.57 Å². The second kappa shape index (κ2) is 8.52. The number of carbonyl (C=O) groups is 3. The molecule has 0 aliphatic heterocycles. The highest BCUT2D eigenvalue weighted by Crippen LogP contribution is 2.52. The molecule has 144 valence electrons. The molecule has 0 spiro atoms. The largest absolute Gasteiger partial charge is 0.466 e. The predicted molar refractivity (Wildman–Crippen MR) is 94.9 cm³/mol. The van der Waals surface area contributed by atoms with Gasteiger partial charge < -0.3 is 14.2 Å². The lowest BCUT2D eigenvalue weighted by Gasteiger charge is -2.25. The van der Waals surface area contributed by atoms with Crippen LogP contribution in [0.5, 0.6) is 0 Å². The van der Waals surface area contributed by atoms with E-state index in [-0.39, 0.29) is 36.9 Å². The number of allylic oxidation sites excluding steroid dienone is 2. The molecule has 0 unspecified atom stereocenters. The molecule has 0 heterocycles. The Morgan fingerprint density at radius 3 is 2.12 bits per heavy atom. The van der Waals surface area contributed by atoms with Crippen LogP contribution in [0.3, 0.4) is 0 Å². The van der Waals surface area contributed by atoms with Gasteiger partial charge in [0.1, 0.15) is 0 Å². The Labute approximate surface area is 154 Å². The third kappa shape index (κ3) is 3.84. The molecule has 6 heteroatoms. The summed E-state index contributed by atoms with van der Waals surface area (Å²) >= 11 is 0. The zero-order valence-electron chi connectivity index (χ0n) is 15.8. The third-order valence-corrected chi connectivity index (χ3v) is 5.19. The van der Waals surface area contributed by atoms with Crippen LogP contribution >= 0.6 is 0 Å². The SMILES string of the molecule is C=C1C[C@H](C(=O)OCC)C=C[C@@H]2CC(C(=O)OCC)(C(=O)OCC)C[C@H]12. The van der Waals surface area contributed by atoms with E-state index >= 15 is 0 Å². The number of rotatable bonds is 6. The van der Waals surface area contributed by atoms with Gasteiger partial charge in [-0.05, 0) is 51.9 Å². The maximum absolute atomic E-state index is 12.6. The molecule has 6 nitrogen and oxygen atoms in total. The van der Waals surface area contributed by atoms with E-state index in [1.54, 1.807) is 20.8 Å². The quantitative estimate of drug-likeness (QED) is 0.312. The number of esters is 3. The zero-order chi connectivity index (χ0) is 19.3. The molecule has 3 atom stereocenters. The van der Waals surface area contributed by atoms with Crippen molar-refractivity contribution < 1.29 is 28.6 Å². The number of carbonyl (C=O) groups excluding carboxylic acids is 3. The number of hydrogen-bond donors (Lipinski definition) is 0. The molecule has 26 heavy (non-hydrogen) atoms. The van der Waals surface area contributed by atoms with Gasteiger partial charge in [0, 0.05) is 0 Å². The van der Waals surface area contributed by atoms with Crippen molar-refractivity contribution in [3.8, 4) is 0 Å². The second-order valence-electron chi connectivity index (χ2n) is 6.81. The van der Waals surface area contributed by atoms with Crippen molar-refractivity contribution in [3.63, 3.8) is 0 Å². The molecule has 0 N–H and O–H groups in total. The van der Waals surface area contributed by atoms with Crippen LogP contribution in [-0.4, -0.2) is 37.7 Å². The van der Waals surface area contributed by atoms with E-state index in [4.69, 9.17) is 14.2 Å². The fraction of sp³-hybridized carbons (Fsp3) is 0.650. The summed E-state index contributed by atoms with van der Waals surface area (Å²) in [6.45, 7) is 10.1. The third-order valence-electron chi connectivity index (χ3n) is 5.19. The Morgan fingerprint density at radius 2 is 1.58 bits per heavy atom. The van der Waals surface area contributed by atoms with Gasteiger partial charge in [-0.15, -0.1) is 0 Å². The predicted octanol–water partition coefficient (Wildman–Crippen LogP) is 2.82. The van der Waals surface area contributed by atoms with E-state index in [9.17, 15) is 14.4 Å². The lowest BCUT2D eigenvalue weighted by Crippen LogP contribution is -2.40. The van der Waals surface area contributed by atoms with Gasteiger partial charge in [0.2, 0.25) is 0 Å². The summed E-state index contributed by atoms with van der Waals surface area (Å²) in [4.78, 5) is 37.3. The highest BCUT2D eigenvalue weighted by molar-refractivity contribution is 6.00. The zero-order valence-corrected chi connectivity index (χ0v) is 15.8. The van der Waals surface area contributed by atoms with Gasteiger partial charge in [0.15, 0.2) is 5.41 Å². The van der Waals surface area contributed by atoms with E-state index in [1.807, 2.05) is 12.2 Å². The summed E-state index contributed by atoms with van der Waals surface area (Å²) in [5, 5.41) is 0. The van der Waals surface area contributed by atoms with Crippen LogP contribution in [0.4, 0.5) is 0 Å². The molecule has 0 aromatic rings. The van der Waals surface area contributed by atoms with Crippen LogP contribution in [-0.2, 0) is 28.6 Å². The van der Waals surface area contributed by atoms with Crippen molar-refractivity contribution in [2.24, 2.45) is 23.2 Å². The molecule has 0 radical (unpaired) electrons. The second-order valence-corrected chi connectivity index (χ2v) is 6.81. The molecule has 2 aliphatic rings. The minimum Gasteiger partial charge on any atom is -0.466 e. The normalized spacial score (nSPS) is 26.6. The fourth-order valence-corrected chi connectivity index (χ4v) is 3.95. The monoisotopic (exact) mass is 364 g/mol. The van der Waals surface area contributed by atoms with Crippen LogP contribution in [0.1, 0.15) is 40.0 Å². The molecular formula is C20H28O6. The highest BCUT2D eigenvalue weighted by atomic mass is 16.6. The molecule has 0 amide bonds. The maximum atomic E-state index is 12.6. The van der Waals surface area contributed by atoms with E-state index < -0.39 is 17.4 Å². The average Bonchev–Trinajstić information content (AvgIpc) is 2.93. The molecule has 2 rings (SSSR count). The Balaban J connectivity index is 2.28. The minimum atomic E-state index is -1.30. The first-order valence-corrected chi connectivity index (χ1v) is 9.26. The van der Waals surface area contributed by atoms with Crippen molar-refractivity contribution in [3.05, 3.63) is 24.3 Å². The van der Waals surface area contributed by atoms with Crippen molar-refractivity contribution in [1.82, 2.24) is 0 Å². The van der Waals surface area contributed by atoms with Crippen molar-refractivity contribution in [2.75, 3.05) is 19.8 Å². The number of fused-ring (bicyclic) bond motifs is 1. The molecule has 1 saturated carbocycles. The first-order valence-electron chi connectivity index (χ1n) is 9.26. The van der Waals surface area contributed by atoms with Gasteiger partial charge in [-0.3, -0.25) is 14.4 Å². The summed E-state index contributed by atoms with van der Waals surface area (Å²) in [5.41, 5.74) is -0.445. The van der Waals surface area contributed by atoms with Crippen LogP contribution in [0, 0.1) is 23.2 Å². The van der Waals surface area contributed by atoms with Gasteiger partial charge >= 0.3 is 17.9 Å². The van der Waals surface area contributed by atoms with Gasteiger partial charge in [-0.25, -0.2) is 0 Å². The topological polar surface area (TPSA) is 78.9 Å². The lowest BCUT2D eigenvalue weighted by molar-refractivity contribution is -0.172. The Morgan fingerprint density at radius 1 is 1.00 bits per heavy atom. The molecule has 2 aliphatic carbocycles. The summed E-state index contributed by atoms with van der Waals surface area (Å²) in [5.74, 6) is -1.83. The van der Waals surface area contributed by atoms with E-state index in [1.165, 1.54) is 0 Å². The van der Waals surface area contributed by atoms with Crippen LogP contribution in [0.25, 0.3) is 0 Å². The van der Waals surface area contributed by atoms with Crippen molar-refractivity contribution in [1.29, 1.82) is 0 Å². The Bertz CT molecular complexity index is 587. The summed E-state index contributed by atoms with van der Waals surface area (Å²) in [6.07, 6.45) is 4.80. The van der Waals surface area contributed by atoms with E-state index in [0.29, 0.717) is 25.9 Å². The van der Waals surface area contributed by atoms with Gasteiger partial charge in [-0.2, -0.15) is 0 Å². The first kappa shape index (κ1) is 20.2. The van der Waals surface area contributed by atoms with Gasteiger partial charge in [0.05, 0.1) is 25.7 Å². The molecule has 1 fully saturated rings. The lowest BCUT2D eigenvalue weighted by atomic mass is 9.83. The van der Waals surface area contributed by atoms with Crippen LogP contribution < -0.4 is 0 Å². The fourth-order valence-electron chi connectivity index (χ4n) is 3.95. The summed E-state index contributed by atoms with van der Waals surface area (Å²) in [6, 6.07) is 0. The van der Waals surface area contributed by atoms with Crippen LogP contribution in [0.2, 0.25) is 0 Å². The van der Waals surface area contributed by atoms with E-state index in [2.05, 4.69) is 6.58 Å². The number of hydrogen-bond acceptors (Lipinski definition) is 6. The summed E-state index contributed by atoms with van der Waals surface area (Å²) < 4.78 is 15.5.